The normalized spacial score (nSPS) is 11.6. The summed E-state index contributed by atoms with van der Waals surface area (Å²) in [5.74, 6) is -0.359. The third-order valence-electron chi connectivity index (χ3n) is 5.23. The Morgan fingerprint density at radius 1 is 1.00 bits per heavy atom. The van der Waals surface area contributed by atoms with Crippen LogP contribution in [0.25, 0.3) is 11.3 Å². The van der Waals surface area contributed by atoms with Crippen molar-refractivity contribution in [3.05, 3.63) is 65.0 Å². The fourth-order valence-electron chi connectivity index (χ4n) is 3.21. The third kappa shape index (κ3) is 6.49. The van der Waals surface area contributed by atoms with Gasteiger partial charge in [0.1, 0.15) is 0 Å². The average Bonchev–Trinajstić information content (AvgIpc) is 3.32. The van der Waals surface area contributed by atoms with E-state index in [1.807, 2.05) is 17.5 Å². The van der Waals surface area contributed by atoms with Crippen molar-refractivity contribution >= 4 is 32.4 Å². The number of ether oxygens (including phenoxy) is 2. The monoisotopic (exact) mass is 503 g/mol. The molecule has 0 aliphatic rings. The van der Waals surface area contributed by atoms with Gasteiger partial charge in [-0.15, -0.1) is 11.3 Å². The van der Waals surface area contributed by atoms with Crippen LogP contribution >= 0.6 is 11.3 Å². The lowest BCUT2D eigenvalue weighted by Gasteiger charge is -2.21. The third-order valence-corrected chi connectivity index (χ3v) is 7.90. The van der Waals surface area contributed by atoms with Gasteiger partial charge < -0.3 is 9.47 Å². The first kappa shape index (κ1) is 26.0. The van der Waals surface area contributed by atoms with Crippen LogP contribution < -0.4 is 5.32 Å². The van der Waals surface area contributed by atoms with Gasteiger partial charge in [0.25, 0.3) is 5.91 Å². The smallest absolute Gasteiger partial charge is 0.257 e. The maximum Gasteiger partial charge on any atom is 0.257 e. The van der Waals surface area contributed by atoms with Gasteiger partial charge in [0, 0.05) is 43.8 Å². The highest BCUT2D eigenvalue weighted by Gasteiger charge is 2.24. The minimum absolute atomic E-state index is 0.100. The van der Waals surface area contributed by atoms with E-state index >= 15 is 0 Å². The van der Waals surface area contributed by atoms with Gasteiger partial charge in [0.05, 0.1) is 23.8 Å². The molecule has 0 aliphatic carbocycles. The lowest BCUT2D eigenvalue weighted by molar-refractivity contribution is 0.102. The molecule has 182 valence electrons. The number of methoxy groups -OCH3 is 2. The summed E-state index contributed by atoms with van der Waals surface area (Å²) in [7, 11) is -0.716. The summed E-state index contributed by atoms with van der Waals surface area (Å²) >= 11 is 1.33. The number of nitrogens with one attached hydrogen (secondary N) is 1. The summed E-state index contributed by atoms with van der Waals surface area (Å²) in [6.07, 6.45) is 0.969. The number of hydrogen-bond donors (Lipinski definition) is 1. The molecule has 2 aromatic carbocycles. The molecule has 0 saturated carbocycles. The Morgan fingerprint density at radius 3 is 2.18 bits per heavy atom. The number of hydrogen-bond acceptors (Lipinski definition) is 7. The first-order chi connectivity index (χ1) is 16.4. The van der Waals surface area contributed by atoms with E-state index in [4.69, 9.17) is 9.47 Å². The molecule has 0 fully saturated rings. The number of aromatic nitrogens is 1. The zero-order valence-electron chi connectivity index (χ0n) is 19.5. The van der Waals surface area contributed by atoms with Gasteiger partial charge in [0.2, 0.25) is 10.0 Å². The Morgan fingerprint density at radius 2 is 1.62 bits per heavy atom. The summed E-state index contributed by atoms with van der Waals surface area (Å²) in [6.45, 7) is 3.05. The number of rotatable bonds is 12. The Hall–Kier alpha value is -2.63. The quantitative estimate of drug-likeness (QED) is 0.403. The molecule has 34 heavy (non-hydrogen) atoms. The standard InChI is InChI=1S/C24H29N3O5S2/c1-4-18-5-7-19(8-6-18)22-17-33-24(25-22)26-23(28)20-9-11-21(12-10-20)34(29,30)27(13-15-31-2)14-16-32-3/h5-12,17H,4,13-16H2,1-3H3,(H,25,26,28). The maximum atomic E-state index is 13.0. The fraction of sp³-hybridized carbons (Fsp3) is 0.333. The second-order valence-corrected chi connectivity index (χ2v) is 10.3. The number of benzene rings is 2. The zero-order valence-corrected chi connectivity index (χ0v) is 21.1. The lowest BCUT2D eigenvalue weighted by atomic mass is 10.1. The van der Waals surface area contributed by atoms with Crippen molar-refractivity contribution in [1.29, 1.82) is 0 Å². The van der Waals surface area contributed by atoms with Gasteiger partial charge in [-0.2, -0.15) is 4.31 Å². The van der Waals surface area contributed by atoms with Crippen molar-refractivity contribution in [2.24, 2.45) is 0 Å². The number of carbonyl (C=O) groups is 1. The van der Waals surface area contributed by atoms with Gasteiger partial charge in [-0.3, -0.25) is 10.1 Å². The Labute approximate surface area is 204 Å². The van der Waals surface area contributed by atoms with Crippen molar-refractivity contribution in [3.8, 4) is 11.3 Å². The highest BCUT2D eigenvalue weighted by Crippen LogP contribution is 2.26. The van der Waals surface area contributed by atoms with Crippen molar-refractivity contribution < 1.29 is 22.7 Å². The number of aryl methyl sites for hydroxylation is 1. The summed E-state index contributed by atoms with van der Waals surface area (Å²) in [4.78, 5) is 17.3. The molecule has 0 radical (unpaired) electrons. The number of thiazole rings is 1. The number of carbonyl (C=O) groups excluding carboxylic acids is 1. The Kier molecular flexibility index (Phi) is 9.31. The topological polar surface area (TPSA) is 97.8 Å². The Balaban J connectivity index is 1.69. The van der Waals surface area contributed by atoms with E-state index in [2.05, 4.69) is 29.4 Å². The van der Waals surface area contributed by atoms with Gasteiger partial charge in [-0.1, -0.05) is 31.2 Å². The van der Waals surface area contributed by atoms with Crippen LogP contribution in [0.4, 0.5) is 5.13 Å². The second-order valence-electron chi connectivity index (χ2n) is 7.46. The molecule has 0 atom stereocenters. The van der Waals surface area contributed by atoms with E-state index in [1.165, 1.54) is 59.7 Å². The number of nitrogens with zero attached hydrogens (tertiary/aromatic N) is 2. The van der Waals surface area contributed by atoms with Gasteiger partial charge in [-0.05, 0) is 36.2 Å². The SMILES string of the molecule is CCc1ccc(-c2csc(NC(=O)c3ccc(S(=O)(=O)N(CCOC)CCOC)cc3)n2)cc1. The first-order valence-electron chi connectivity index (χ1n) is 10.8. The number of amides is 1. The maximum absolute atomic E-state index is 13.0. The largest absolute Gasteiger partial charge is 0.383 e. The molecule has 8 nitrogen and oxygen atoms in total. The van der Waals surface area contributed by atoms with E-state index < -0.39 is 10.0 Å². The Bertz CT molecular complexity index is 1170. The van der Waals surface area contributed by atoms with Gasteiger partial charge in [-0.25, -0.2) is 13.4 Å². The molecule has 3 rings (SSSR count). The van der Waals surface area contributed by atoms with E-state index in [-0.39, 0.29) is 37.1 Å². The van der Waals surface area contributed by atoms with E-state index in [0.29, 0.717) is 10.7 Å². The van der Waals surface area contributed by atoms with Crippen LogP contribution in [0.5, 0.6) is 0 Å². The van der Waals surface area contributed by atoms with Crippen LogP contribution in [0.2, 0.25) is 0 Å². The molecule has 1 N–H and O–H groups in total. The lowest BCUT2D eigenvalue weighted by Crippen LogP contribution is -2.36. The van der Waals surface area contributed by atoms with Crippen molar-refractivity contribution in [3.63, 3.8) is 0 Å². The van der Waals surface area contributed by atoms with Crippen molar-refractivity contribution in [2.45, 2.75) is 18.2 Å². The van der Waals surface area contributed by atoms with Gasteiger partial charge >= 0.3 is 0 Å². The molecule has 0 unspecified atom stereocenters. The van der Waals surface area contributed by atoms with Crippen LogP contribution in [-0.4, -0.2) is 64.1 Å². The summed E-state index contributed by atoms with van der Waals surface area (Å²) in [6, 6.07) is 14.0. The second kappa shape index (κ2) is 12.2. The van der Waals surface area contributed by atoms with Crippen LogP contribution in [0.1, 0.15) is 22.8 Å². The predicted molar refractivity (Wildman–Crippen MR) is 134 cm³/mol. The van der Waals surface area contributed by atoms with Crippen LogP contribution in [0.3, 0.4) is 0 Å². The highest BCUT2D eigenvalue weighted by molar-refractivity contribution is 7.89. The molecule has 10 heteroatoms. The molecular weight excluding hydrogens is 474 g/mol. The molecule has 0 aliphatic heterocycles. The van der Waals surface area contributed by atoms with Crippen LogP contribution in [-0.2, 0) is 25.9 Å². The summed E-state index contributed by atoms with van der Waals surface area (Å²) in [5.41, 5.74) is 3.36. The summed E-state index contributed by atoms with van der Waals surface area (Å²) in [5, 5.41) is 5.15. The predicted octanol–water partition coefficient (Wildman–Crippen LogP) is 3.91. The molecule has 1 heterocycles. The molecule has 0 bridgehead atoms. The molecule has 0 saturated heterocycles. The average molecular weight is 504 g/mol. The summed E-state index contributed by atoms with van der Waals surface area (Å²) < 4.78 is 37.4. The van der Waals surface area contributed by atoms with E-state index in [9.17, 15) is 13.2 Å². The number of anilines is 1. The minimum Gasteiger partial charge on any atom is -0.383 e. The van der Waals surface area contributed by atoms with Crippen molar-refractivity contribution in [1.82, 2.24) is 9.29 Å². The zero-order chi connectivity index (χ0) is 24.6. The van der Waals surface area contributed by atoms with E-state index in [1.54, 1.807) is 0 Å². The molecule has 3 aromatic rings. The van der Waals surface area contributed by atoms with Gasteiger partial charge in [0.15, 0.2) is 5.13 Å². The first-order valence-corrected chi connectivity index (χ1v) is 13.1. The molecule has 1 aromatic heterocycles. The highest BCUT2D eigenvalue weighted by atomic mass is 32.2. The van der Waals surface area contributed by atoms with Crippen LogP contribution in [0, 0.1) is 0 Å². The van der Waals surface area contributed by atoms with E-state index in [0.717, 1.165) is 17.7 Å². The minimum atomic E-state index is -3.75. The molecule has 1 amide bonds. The van der Waals surface area contributed by atoms with Crippen LogP contribution in [0.15, 0.2) is 58.8 Å². The van der Waals surface area contributed by atoms with Crippen molar-refractivity contribution in [2.75, 3.05) is 45.8 Å². The number of sulfonamides is 1. The molecular formula is C24H29N3O5S2. The fourth-order valence-corrected chi connectivity index (χ4v) is 5.33. The molecule has 0 spiro atoms.